The van der Waals surface area contributed by atoms with Crippen molar-refractivity contribution in [1.29, 1.82) is 5.41 Å². The van der Waals surface area contributed by atoms with Gasteiger partial charge in [-0.3, -0.25) is 5.41 Å². The van der Waals surface area contributed by atoms with E-state index in [0.717, 1.165) is 12.8 Å². The standard InChI is InChI=1S/C8H12N2/c1-2-5-8(9)10-6-3-4-7-10/h3-4,6-7,9H,2,5H2,1H3. The molecule has 0 amide bonds. The van der Waals surface area contributed by atoms with Crippen molar-refractivity contribution in [3.05, 3.63) is 24.5 Å². The van der Waals surface area contributed by atoms with Crippen molar-refractivity contribution in [3.8, 4) is 0 Å². The lowest BCUT2D eigenvalue weighted by atomic mass is 10.3. The maximum absolute atomic E-state index is 7.51. The third-order valence-corrected chi connectivity index (χ3v) is 1.40. The van der Waals surface area contributed by atoms with Crippen LogP contribution in [0.2, 0.25) is 0 Å². The van der Waals surface area contributed by atoms with Gasteiger partial charge in [-0.25, -0.2) is 0 Å². The van der Waals surface area contributed by atoms with Crippen LogP contribution in [0.3, 0.4) is 0 Å². The van der Waals surface area contributed by atoms with Crippen molar-refractivity contribution < 1.29 is 0 Å². The maximum atomic E-state index is 7.51. The Kier molecular flexibility index (Phi) is 2.26. The van der Waals surface area contributed by atoms with Gasteiger partial charge in [0.15, 0.2) is 0 Å². The molecule has 0 aliphatic heterocycles. The number of hydrogen-bond donors (Lipinski definition) is 1. The van der Waals surface area contributed by atoms with E-state index < -0.39 is 0 Å². The highest BCUT2D eigenvalue weighted by Gasteiger charge is 1.94. The van der Waals surface area contributed by atoms with Crippen LogP contribution < -0.4 is 0 Å². The second kappa shape index (κ2) is 3.20. The van der Waals surface area contributed by atoms with Crippen LogP contribution in [-0.2, 0) is 0 Å². The average molecular weight is 136 g/mol. The second-order valence-corrected chi connectivity index (χ2v) is 2.29. The predicted octanol–water partition coefficient (Wildman–Crippen LogP) is 2.11. The molecule has 0 aliphatic rings. The van der Waals surface area contributed by atoms with E-state index in [0.29, 0.717) is 5.84 Å². The highest BCUT2D eigenvalue weighted by atomic mass is 15.0. The lowest BCUT2D eigenvalue weighted by Crippen LogP contribution is -2.06. The molecule has 1 rings (SSSR count). The van der Waals surface area contributed by atoms with Crippen molar-refractivity contribution >= 4 is 5.84 Å². The Labute approximate surface area is 61.0 Å². The fraction of sp³-hybridized carbons (Fsp3) is 0.375. The predicted molar refractivity (Wildman–Crippen MR) is 42.5 cm³/mol. The zero-order valence-electron chi connectivity index (χ0n) is 6.17. The van der Waals surface area contributed by atoms with Gasteiger partial charge in [-0.05, 0) is 18.6 Å². The first kappa shape index (κ1) is 7.06. The van der Waals surface area contributed by atoms with E-state index >= 15 is 0 Å². The fourth-order valence-corrected chi connectivity index (χ4v) is 0.880. The monoisotopic (exact) mass is 136 g/mol. The second-order valence-electron chi connectivity index (χ2n) is 2.29. The smallest absolute Gasteiger partial charge is 0.104 e. The molecule has 0 saturated carbocycles. The van der Waals surface area contributed by atoms with E-state index in [1.807, 2.05) is 29.1 Å². The number of nitrogens with one attached hydrogen (secondary N) is 1. The minimum Gasteiger partial charge on any atom is -0.313 e. The summed E-state index contributed by atoms with van der Waals surface area (Å²) in [5.41, 5.74) is 0. The van der Waals surface area contributed by atoms with Gasteiger partial charge in [0.05, 0.1) is 0 Å². The Morgan fingerprint density at radius 1 is 1.40 bits per heavy atom. The van der Waals surface area contributed by atoms with Crippen LogP contribution in [-0.4, -0.2) is 10.4 Å². The lowest BCUT2D eigenvalue weighted by molar-refractivity contribution is 0.931. The van der Waals surface area contributed by atoms with Crippen molar-refractivity contribution in [2.24, 2.45) is 0 Å². The zero-order chi connectivity index (χ0) is 7.40. The molecule has 2 nitrogen and oxygen atoms in total. The molecule has 0 radical (unpaired) electrons. The van der Waals surface area contributed by atoms with E-state index in [4.69, 9.17) is 5.41 Å². The van der Waals surface area contributed by atoms with Crippen molar-refractivity contribution in [3.63, 3.8) is 0 Å². The molecule has 0 fully saturated rings. The number of aromatic nitrogens is 1. The van der Waals surface area contributed by atoms with E-state index in [-0.39, 0.29) is 0 Å². The van der Waals surface area contributed by atoms with Crippen molar-refractivity contribution in [1.82, 2.24) is 4.57 Å². The van der Waals surface area contributed by atoms with Crippen LogP contribution in [0, 0.1) is 5.41 Å². The molecule has 0 aliphatic carbocycles. The number of nitrogens with zero attached hydrogens (tertiary/aromatic N) is 1. The van der Waals surface area contributed by atoms with Gasteiger partial charge < -0.3 is 4.57 Å². The zero-order valence-corrected chi connectivity index (χ0v) is 6.17. The van der Waals surface area contributed by atoms with Crippen LogP contribution >= 0.6 is 0 Å². The third-order valence-electron chi connectivity index (χ3n) is 1.40. The summed E-state index contributed by atoms with van der Waals surface area (Å²) in [6.07, 6.45) is 5.70. The first-order chi connectivity index (χ1) is 4.84. The Morgan fingerprint density at radius 2 is 2.00 bits per heavy atom. The van der Waals surface area contributed by atoms with Gasteiger partial charge in [0.25, 0.3) is 0 Å². The Bertz CT molecular complexity index is 199. The van der Waals surface area contributed by atoms with Crippen LogP contribution in [0.5, 0.6) is 0 Å². The molecular weight excluding hydrogens is 124 g/mol. The van der Waals surface area contributed by atoms with E-state index in [2.05, 4.69) is 6.92 Å². The van der Waals surface area contributed by atoms with Crippen LogP contribution in [0.1, 0.15) is 19.8 Å². The highest BCUT2D eigenvalue weighted by Crippen LogP contribution is 1.95. The van der Waals surface area contributed by atoms with E-state index in [9.17, 15) is 0 Å². The summed E-state index contributed by atoms with van der Waals surface area (Å²) >= 11 is 0. The Hall–Kier alpha value is -1.05. The van der Waals surface area contributed by atoms with Crippen LogP contribution in [0.25, 0.3) is 0 Å². The van der Waals surface area contributed by atoms with Crippen molar-refractivity contribution in [2.75, 3.05) is 0 Å². The van der Waals surface area contributed by atoms with Gasteiger partial charge in [-0.15, -0.1) is 0 Å². The number of hydrogen-bond acceptors (Lipinski definition) is 1. The van der Waals surface area contributed by atoms with Gasteiger partial charge in [-0.2, -0.15) is 0 Å². The molecule has 10 heavy (non-hydrogen) atoms. The molecule has 0 atom stereocenters. The molecule has 1 aromatic rings. The first-order valence-electron chi connectivity index (χ1n) is 3.55. The lowest BCUT2D eigenvalue weighted by Gasteiger charge is -2.01. The molecule has 0 bridgehead atoms. The minimum atomic E-state index is 0.674. The summed E-state index contributed by atoms with van der Waals surface area (Å²) in [5, 5.41) is 7.51. The van der Waals surface area contributed by atoms with Gasteiger partial charge in [0, 0.05) is 18.8 Å². The molecule has 54 valence electrons. The quantitative estimate of drug-likeness (QED) is 0.476. The molecule has 1 N–H and O–H groups in total. The summed E-state index contributed by atoms with van der Waals surface area (Å²) in [4.78, 5) is 0. The molecule has 1 heterocycles. The molecule has 2 heteroatoms. The average Bonchev–Trinajstić information content (AvgIpc) is 2.38. The third kappa shape index (κ3) is 1.47. The van der Waals surface area contributed by atoms with Gasteiger partial charge >= 0.3 is 0 Å². The van der Waals surface area contributed by atoms with Gasteiger partial charge in [-0.1, -0.05) is 6.92 Å². The van der Waals surface area contributed by atoms with Gasteiger partial charge in [0.1, 0.15) is 5.84 Å². The summed E-state index contributed by atoms with van der Waals surface area (Å²) in [6, 6.07) is 3.87. The van der Waals surface area contributed by atoms with Crippen molar-refractivity contribution in [2.45, 2.75) is 19.8 Å². The molecule has 0 spiro atoms. The minimum absolute atomic E-state index is 0.674. The first-order valence-corrected chi connectivity index (χ1v) is 3.55. The van der Waals surface area contributed by atoms with E-state index in [1.165, 1.54) is 0 Å². The largest absolute Gasteiger partial charge is 0.313 e. The summed E-state index contributed by atoms with van der Waals surface area (Å²) in [7, 11) is 0. The summed E-state index contributed by atoms with van der Waals surface area (Å²) in [6.45, 7) is 2.08. The molecule has 0 unspecified atom stereocenters. The topological polar surface area (TPSA) is 28.8 Å². The summed E-state index contributed by atoms with van der Waals surface area (Å²) in [5.74, 6) is 0.674. The number of rotatable bonds is 2. The molecule has 1 aromatic heterocycles. The Morgan fingerprint density at radius 3 is 2.50 bits per heavy atom. The van der Waals surface area contributed by atoms with Gasteiger partial charge in [0.2, 0.25) is 0 Å². The highest BCUT2D eigenvalue weighted by molar-refractivity contribution is 5.81. The normalized spacial score (nSPS) is 9.70. The Balaban J connectivity index is 2.59. The summed E-state index contributed by atoms with van der Waals surface area (Å²) < 4.78 is 1.84. The fourth-order valence-electron chi connectivity index (χ4n) is 0.880. The molecular formula is C8H12N2. The van der Waals surface area contributed by atoms with Crippen LogP contribution in [0.4, 0.5) is 0 Å². The maximum Gasteiger partial charge on any atom is 0.104 e. The molecule has 0 aromatic carbocycles. The SMILES string of the molecule is CCCC(=N)n1cccc1. The molecule has 0 saturated heterocycles. The van der Waals surface area contributed by atoms with E-state index in [1.54, 1.807) is 0 Å². The van der Waals surface area contributed by atoms with Crippen LogP contribution in [0.15, 0.2) is 24.5 Å².